The van der Waals surface area contributed by atoms with E-state index in [-0.39, 0.29) is 23.5 Å². The van der Waals surface area contributed by atoms with E-state index < -0.39 is 0 Å². The molecule has 1 unspecified atom stereocenters. The Morgan fingerprint density at radius 1 is 1.20 bits per heavy atom. The molecule has 20 heavy (non-hydrogen) atoms. The molecule has 1 aliphatic carbocycles. The number of carbonyl (C=O) groups is 1. The molecule has 2 saturated heterocycles. The zero-order chi connectivity index (χ0) is 14.0. The largest absolute Gasteiger partial charge is 0.393 e. The monoisotopic (exact) mass is 283 g/mol. The van der Waals surface area contributed by atoms with Crippen LogP contribution in [0.3, 0.4) is 0 Å². The lowest BCUT2D eigenvalue weighted by Crippen LogP contribution is -2.58. The summed E-state index contributed by atoms with van der Waals surface area (Å²) in [5.74, 6) is 0.350. The van der Waals surface area contributed by atoms with Gasteiger partial charge in [-0.25, -0.2) is 0 Å². The molecule has 3 rings (SSSR count). The molecule has 0 aromatic rings. The topological polar surface area (TPSA) is 59.0 Å². The lowest BCUT2D eigenvalue weighted by atomic mass is 9.85. The first kappa shape index (κ1) is 14.3. The minimum absolute atomic E-state index is 0.0954. The van der Waals surface area contributed by atoms with Gasteiger partial charge in [-0.1, -0.05) is 0 Å². The number of carbonyl (C=O) groups excluding carboxylic acids is 1. The molecular weight excluding hydrogens is 258 g/mol. The van der Waals surface area contributed by atoms with E-state index in [0.717, 1.165) is 45.1 Å². The zero-order valence-corrected chi connectivity index (χ0v) is 12.1. The Morgan fingerprint density at radius 2 is 2.00 bits per heavy atom. The van der Waals surface area contributed by atoms with E-state index in [1.807, 2.05) is 4.90 Å². The normalized spacial score (nSPS) is 39.0. The summed E-state index contributed by atoms with van der Waals surface area (Å²) >= 11 is 0. The molecule has 5 nitrogen and oxygen atoms in total. The van der Waals surface area contributed by atoms with Crippen molar-refractivity contribution in [1.29, 1.82) is 0 Å². The standard InChI is InChI=1S/C15H25NO4/c17-13-4-2-12(3-5-13)14(18)16-7-9-20-15(10-16)6-1-8-19-11-15/h12-13,17H,1-11H2. The van der Waals surface area contributed by atoms with Crippen molar-refractivity contribution in [1.82, 2.24) is 4.90 Å². The second-order valence-corrected chi connectivity index (χ2v) is 6.45. The highest BCUT2D eigenvalue weighted by Gasteiger charge is 2.41. The molecule has 0 bridgehead atoms. The molecule has 2 heterocycles. The molecule has 5 heteroatoms. The summed E-state index contributed by atoms with van der Waals surface area (Å²) in [6.07, 6.45) is 4.95. The highest BCUT2D eigenvalue weighted by atomic mass is 16.5. The van der Waals surface area contributed by atoms with Gasteiger partial charge in [0.05, 0.1) is 25.9 Å². The van der Waals surface area contributed by atoms with Gasteiger partial charge < -0.3 is 19.5 Å². The number of hydrogen-bond acceptors (Lipinski definition) is 4. The Hall–Kier alpha value is -0.650. The van der Waals surface area contributed by atoms with Gasteiger partial charge in [0.2, 0.25) is 5.91 Å². The number of nitrogens with zero attached hydrogens (tertiary/aromatic N) is 1. The van der Waals surface area contributed by atoms with Gasteiger partial charge >= 0.3 is 0 Å². The van der Waals surface area contributed by atoms with Crippen LogP contribution in [0.15, 0.2) is 0 Å². The van der Waals surface area contributed by atoms with Crippen molar-refractivity contribution in [2.75, 3.05) is 32.9 Å². The summed E-state index contributed by atoms with van der Waals surface area (Å²) in [6.45, 7) is 3.40. The summed E-state index contributed by atoms with van der Waals surface area (Å²) in [5, 5.41) is 9.56. The van der Waals surface area contributed by atoms with Crippen LogP contribution in [0.25, 0.3) is 0 Å². The number of ether oxygens (including phenoxy) is 2. The first-order valence-electron chi connectivity index (χ1n) is 7.87. The fraction of sp³-hybridized carbons (Fsp3) is 0.933. The van der Waals surface area contributed by atoms with Gasteiger partial charge in [0, 0.05) is 19.1 Å². The third-order valence-electron chi connectivity index (χ3n) is 4.89. The van der Waals surface area contributed by atoms with E-state index in [2.05, 4.69) is 0 Å². The highest BCUT2D eigenvalue weighted by Crippen LogP contribution is 2.31. The molecule has 0 aromatic heterocycles. The van der Waals surface area contributed by atoms with Gasteiger partial charge in [-0.2, -0.15) is 0 Å². The SMILES string of the molecule is O=C(C1CCC(O)CC1)N1CCOC2(CCCOC2)C1. The molecule has 0 radical (unpaired) electrons. The Morgan fingerprint density at radius 3 is 2.70 bits per heavy atom. The van der Waals surface area contributed by atoms with E-state index in [1.165, 1.54) is 0 Å². The molecule has 1 amide bonds. The molecule has 114 valence electrons. The van der Waals surface area contributed by atoms with Crippen LogP contribution in [0.2, 0.25) is 0 Å². The molecule has 1 saturated carbocycles. The van der Waals surface area contributed by atoms with Crippen LogP contribution < -0.4 is 0 Å². The van der Waals surface area contributed by atoms with Gasteiger partial charge in [0.25, 0.3) is 0 Å². The second kappa shape index (κ2) is 6.00. The molecule has 3 aliphatic rings. The molecule has 3 fully saturated rings. The number of aliphatic hydroxyl groups excluding tert-OH is 1. The molecular formula is C15H25NO4. The Kier molecular flexibility index (Phi) is 4.29. The lowest BCUT2D eigenvalue weighted by molar-refractivity contribution is -0.179. The van der Waals surface area contributed by atoms with Crippen molar-refractivity contribution in [3.63, 3.8) is 0 Å². The average Bonchev–Trinajstić information content (AvgIpc) is 2.48. The third-order valence-corrected chi connectivity index (χ3v) is 4.89. The average molecular weight is 283 g/mol. The minimum atomic E-state index is -0.264. The summed E-state index contributed by atoms with van der Waals surface area (Å²) in [7, 11) is 0. The minimum Gasteiger partial charge on any atom is -0.393 e. The van der Waals surface area contributed by atoms with Crippen LogP contribution in [-0.4, -0.2) is 60.5 Å². The number of rotatable bonds is 1. The first-order chi connectivity index (χ1) is 9.69. The van der Waals surface area contributed by atoms with Gasteiger partial charge in [0.1, 0.15) is 5.60 Å². The fourth-order valence-electron chi connectivity index (χ4n) is 3.68. The maximum Gasteiger partial charge on any atom is 0.225 e. The number of amides is 1. The van der Waals surface area contributed by atoms with E-state index in [0.29, 0.717) is 26.3 Å². The zero-order valence-electron chi connectivity index (χ0n) is 12.1. The van der Waals surface area contributed by atoms with E-state index in [4.69, 9.17) is 9.47 Å². The summed E-state index contributed by atoms with van der Waals surface area (Å²) in [5.41, 5.74) is -0.264. The predicted molar refractivity (Wildman–Crippen MR) is 73.3 cm³/mol. The van der Waals surface area contributed by atoms with Crippen molar-refractivity contribution in [2.24, 2.45) is 5.92 Å². The summed E-state index contributed by atoms with van der Waals surface area (Å²) < 4.78 is 11.5. The van der Waals surface area contributed by atoms with Crippen LogP contribution in [0, 0.1) is 5.92 Å². The van der Waals surface area contributed by atoms with Gasteiger partial charge in [-0.05, 0) is 38.5 Å². The quantitative estimate of drug-likeness (QED) is 0.778. The van der Waals surface area contributed by atoms with Crippen molar-refractivity contribution >= 4 is 5.91 Å². The van der Waals surface area contributed by atoms with Crippen molar-refractivity contribution in [3.05, 3.63) is 0 Å². The first-order valence-corrected chi connectivity index (χ1v) is 7.87. The molecule has 0 aromatic carbocycles. The van der Waals surface area contributed by atoms with Gasteiger partial charge in [-0.3, -0.25) is 4.79 Å². The highest BCUT2D eigenvalue weighted by molar-refractivity contribution is 5.79. The van der Waals surface area contributed by atoms with Crippen LogP contribution in [0.1, 0.15) is 38.5 Å². The number of morpholine rings is 1. The molecule has 1 N–H and O–H groups in total. The lowest BCUT2D eigenvalue weighted by Gasteiger charge is -2.45. The Bertz CT molecular complexity index is 340. The summed E-state index contributed by atoms with van der Waals surface area (Å²) in [6, 6.07) is 0. The van der Waals surface area contributed by atoms with Crippen LogP contribution >= 0.6 is 0 Å². The van der Waals surface area contributed by atoms with Gasteiger partial charge in [-0.15, -0.1) is 0 Å². The molecule has 1 spiro atoms. The fourth-order valence-corrected chi connectivity index (χ4v) is 3.68. The van der Waals surface area contributed by atoms with Crippen LogP contribution in [0.4, 0.5) is 0 Å². The van der Waals surface area contributed by atoms with Crippen LogP contribution in [0.5, 0.6) is 0 Å². The predicted octanol–water partition coefficient (Wildman–Crippen LogP) is 0.945. The second-order valence-electron chi connectivity index (χ2n) is 6.45. The van der Waals surface area contributed by atoms with E-state index in [9.17, 15) is 9.90 Å². The van der Waals surface area contributed by atoms with Crippen LogP contribution in [-0.2, 0) is 14.3 Å². The maximum atomic E-state index is 12.6. The number of aliphatic hydroxyl groups is 1. The van der Waals surface area contributed by atoms with E-state index >= 15 is 0 Å². The van der Waals surface area contributed by atoms with E-state index in [1.54, 1.807) is 0 Å². The third kappa shape index (κ3) is 3.00. The smallest absolute Gasteiger partial charge is 0.225 e. The molecule has 1 atom stereocenters. The van der Waals surface area contributed by atoms with Crippen molar-refractivity contribution in [2.45, 2.75) is 50.2 Å². The molecule has 2 aliphatic heterocycles. The Balaban J connectivity index is 1.60. The van der Waals surface area contributed by atoms with Crippen molar-refractivity contribution < 1.29 is 19.4 Å². The summed E-state index contributed by atoms with van der Waals surface area (Å²) in [4.78, 5) is 14.6. The Labute approximate surface area is 120 Å². The number of hydrogen-bond donors (Lipinski definition) is 1. The maximum absolute atomic E-state index is 12.6. The van der Waals surface area contributed by atoms with Gasteiger partial charge in [0.15, 0.2) is 0 Å². The van der Waals surface area contributed by atoms with Crippen molar-refractivity contribution in [3.8, 4) is 0 Å².